The van der Waals surface area contributed by atoms with Gasteiger partial charge in [0.05, 0.1) is 13.2 Å². The van der Waals surface area contributed by atoms with E-state index >= 15 is 0 Å². The van der Waals surface area contributed by atoms with Gasteiger partial charge in [0.1, 0.15) is 36.9 Å². The number of aryl methyl sites for hydroxylation is 2. The number of aliphatic hydroxyl groups is 4. The Labute approximate surface area is 223 Å². The number of hydrogen-bond acceptors (Lipinski definition) is 6. The molecule has 4 rings (SSSR count). The summed E-state index contributed by atoms with van der Waals surface area (Å²) in [5.74, 6) is 1.31. The van der Waals surface area contributed by atoms with Gasteiger partial charge in [-0.15, -0.1) is 0 Å². The number of benzene rings is 4. The van der Waals surface area contributed by atoms with Crippen molar-refractivity contribution in [1.29, 1.82) is 0 Å². The van der Waals surface area contributed by atoms with Crippen LogP contribution in [0.15, 0.2) is 84.9 Å². The highest BCUT2D eigenvalue weighted by Crippen LogP contribution is 2.40. The van der Waals surface area contributed by atoms with Crippen molar-refractivity contribution in [2.45, 2.75) is 26.1 Å². The molecule has 6 nitrogen and oxygen atoms in total. The monoisotopic (exact) mass is 514 g/mol. The molecule has 0 spiro atoms. The molecular formula is C32H34O6. The lowest BCUT2D eigenvalue weighted by molar-refractivity contribution is 0.0534. The minimum atomic E-state index is -0.937. The smallest absolute Gasteiger partial charge is 0.122 e. The summed E-state index contributed by atoms with van der Waals surface area (Å²) in [4.78, 5) is 0. The summed E-state index contributed by atoms with van der Waals surface area (Å²) in [6.07, 6.45) is -1.87. The molecule has 4 aromatic rings. The van der Waals surface area contributed by atoms with Gasteiger partial charge < -0.3 is 29.9 Å². The molecule has 0 aliphatic carbocycles. The summed E-state index contributed by atoms with van der Waals surface area (Å²) < 4.78 is 11.6. The Morgan fingerprint density at radius 1 is 0.553 bits per heavy atom. The summed E-state index contributed by atoms with van der Waals surface area (Å²) >= 11 is 0. The highest BCUT2D eigenvalue weighted by Gasteiger charge is 2.15. The Kier molecular flexibility index (Phi) is 9.15. The van der Waals surface area contributed by atoms with Crippen molar-refractivity contribution >= 4 is 0 Å². The molecule has 4 aromatic carbocycles. The second-order valence-electron chi connectivity index (χ2n) is 9.35. The summed E-state index contributed by atoms with van der Waals surface area (Å²) in [6.45, 7) is 3.21. The minimum absolute atomic E-state index is 0.0123. The maximum atomic E-state index is 9.73. The Hall–Kier alpha value is -3.68. The third-order valence-corrected chi connectivity index (χ3v) is 6.43. The molecular weight excluding hydrogens is 480 g/mol. The lowest BCUT2D eigenvalue weighted by atomic mass is 9.89. The molecule has 0 fully saturated rings. The van der Waals surface area contributed by atoms with Crippen LogP contribution < -0.4 is 9.47 Å². The van der Waals surface area contributed by atoms with Crippen LogP contribution in [0, 0.1) is 13.8 Å². The second-order valence-corrected chi connectivity index (χ2v) is 9.35. The van der Waals surface area contributed by atoms with Gasteiger partial charge >= 0.3 is 0 Å². The first-order valence-corrected chi connectivity index (χ1v) is 12.6. The zero-order valence-corrected chi connectivity index (χ0v) is 21.7. The van der Waals surface area contributed by atoms with E-state index in [0.29, 0.717) is 11.5 Å². The zero-order valence-electron chi connectivity index (χ0n) is 21.7. The summed E-state index contributed by atoms with van der Waals surface area (Å²) in [7, 11) is 0. The van der Waals surface area contributed by atoms with Gasteiger partial charge in [-0.2, -0.15) is 0 Å². The molecule has 0 aliphatic heterocycles. The van der Waals surface area contributed by atoms with Crippen LogP contribution in [0.4, 0.5) is 0 Å². The Morgan fingerprint density at radius 3 is 1.29 bits per heavy atom. The number of ether oxygens (including phenoxy) is 2. The van der Waals surface area contributed by atoms with Crippen LogP contribution in [0.5, 0.6) is 11.5 Å². The van der Waals surface area contributed by atoms with Crippen molar-refractivity contribution in [3.63, 3.8) is 0 Å². The second kappa shape index (κ2) is 12.7. The topological polar surface area (TPSA) is 99.4 Å². The van der Waals surface area contributed by atoms with Crippen molar-refractivity contribution in [3.05, 3.63) is 96.1 Å². The average Bonchev–Trinajstić information content (AvgIpc) is 2.96. The van der Waals surface area contributed by atoms with Gasteiger partial charge in [-0.05, 0) is 70.5 Å². The van der Waals surface area contributed by atoms with E-state index in [4.69, 9.17) is 19.7 Å². The van der Waals surface area contributed by atoms with E-state index in [2.05, 4.69) is 36.4 Å². The van der Waals surface area contributed by atoms with Crippen molar-refractivity contribution in [2.24, 2.45) is 0 Å². The van der Waals surface area contributed by atoms with Gasteiger partial charge in [0.2, 0.25) is 0 Å². The highest BCUT2D eigenvalue weighted by atomic mass is 16.5. The first-order valence-electron chi connectivity index (χ1n) is 12.6. The predicted octanol–water partition coefficient (Wildman–Crippen LogP) is 4.77. The molecule has 38 heavy (non-hydrogen) atoms. The Balaban J connectivity index is 1.74. The maximum Gasteiger partial charge on any atom is 0.122 e. The fraction of sp³-hybridized carbons (Fsp3) is 0.250. The van der Waals surface area contributed by atoms with Crippen LogP contribution in [-0.4, -0.2) is 59.1 Å². The predicted molar refractivity (Wildman–Crippen MR) is 149 cm³/mol. The maximum absolute atomic E-state index is 9.73. The molecule has 0 amide bonds. The van der Waals surface area contributed by atoms with Crippen LogP contribution in [0.2, 0.25) is 0 Å². The van der Waals surface area contributed by atoms with Crippen molar-refractivity contribution < 1.29 is 29.9 Å². The lowest BCUT2D eigenvalue weighted by Gasteiger charge is -2.18. The molecule has 0 radical (unpaired) electrons. The Morgan fingerprint density at radius 2 is 0.921 bits per heavy atom. The molecule has 4 N–H and O–H groups in total. The molecule has 0 heterocycles. The van der Waals surface area contributed by atoms with Crippen LogP contribution in [-0.2, 0) is 0 Å². The standard InChI is InChI=1S/C32H34O6/c1-21-11-13-23(15-31(21)37-19-25(35)17-33)27-7-3-5-9-29(27)30-10-6-4-8-28(30)24-14-12-22(2)32(16-24)38-20-26(36)18-34/h3-16,25-26,33-36H,17-20H2,1-2H3. The largest absolute Gasteiger partial charge is 0.491 e. The quantitative estimate of drug-likeness (QED) is 0.230. The van der Waals surface area contributed by atoms with Crippen LogP contribution in [0.25, 0.3) is 33.4 Å². The lowest BCUT2D eigenvalue weighted by Crippen LogP contribution is -2.21. The van der Waals surface area contributed by atoms with Crippen molar-refractivity contribution in [1.82, 2.24) is 0 Å². The molecule has 0 aromatic heterocycles. The first-order chi connectivity index (χ1) is 18.4. The van der Waals surface area contributed by atoms with E-state index in [9.17, 15) is 10.2 Å². The summed E-state index contributed by atoms with van der Waals surface area (Å²) in [6, 6.07) is 28.4. The van der Waals surface area contributed by atoms with Gasteiger partial charge in [-0.1, -0.05) is 72.8 Å². The van der Waals surface area contributed by atoms with Gasteiger partial charge in [0.25, 0.3) is 0 Å². The van der Waals surface area contributed by atoms with E-state index in [-0.39, 0.29) is 26.4 Å². The number of aliphatic hydroxyl groups excluding tert-OH is 4. The third-order valence-electron chi connectivity index (χ3n) is 6.43. The van der Waals surface area contributed by atoms with Crippen LogP contribution in [0.1, 0.15) is 11.1 Å². The molecule has 2 unspecified atom stereocenters. The van der Waals surface area contributed by atoms with Gasteiger partial charge in [0.15, 0.2) is 0 Å². The first kappa shape index (κ1) is 27.4. The van der Waals surface area contributed by atoms with Crippen LogP contribution in [0.3, 0.4) is 0 Å². The van der Waals surface area contributed by atoms with E-state index in [0.717, 1.165) is 44.5 Å². The molecule has 2 atom stereocenters. The van der Waals surface area contributed by atoms with E-state index in [1.807, 2.05) is 62.4 Å². The molecule has 198 valence electrons. The van der Waals surface area contributed by atoms with Gasteiger partial charge in [-0.3, -0.25) is 0 Å². The number of rotatable bonds is 11. The van der Waals surface area contributed by atoms with Crippen molar-refractivity contribution in [3.8, 4) is 44.9 Å². The summed E-state index contributed by atoms with van der Waals surface area (Å²) in [5.41, 5.74) is 7.98. The average molecular weight is 515 g/mol. The molecule has 0 bridgehead atoms. The normalized spacial score (nSPS) is 12.7. The fourth-order valence-electron chi connectivity index (χ4n) is 4.26. The van der Waals surface area contributed by atoms with E-state index in [1.165, 1.54) is 0 Å². The van der Waals surface area contributed by atoms with Gasteiger partial charge in [-0.25, -0.2) is 0 Å². The molecule has 0 saturated heterocycles. The highest BCUT2D eigenvalue weighted by molar-refractivity contribution is 5.92. The van der Waals surface area contributed by atoms with Crippen LogP contribution >= 0.6 is 0 Å². The zero-order chi connectivity index (χ0) is 27.1. The Bertz CT molecular complexity index is 1260. The minimum Gasteiger partial charge on any atom is -0.491 e. The molecule has 0 saturated carbocycles. The number of hydrogen-bond donors (Lipinski definition) is 4. The van der Waals surface area contributed by atoms with E-state index < -0.39 is 12.2 Å². The van der Waals surface area contributed by atoms with E-state index in [1.54, 1.807) is 0 Å². The summed E-state index contributed by atoms with van der Waals surface area (Å²) in [5, 5.41) is 37.7. The molecule has 0 aliphatic rings. The SMILES string of the molecule is Cc1ccc(-c2ccccc2-c2ccccc2-c2ccc(C)c(OCC(O)CO)c2)cc1OCC(O)CO. The molecule has 6 heteroatoms. The fourth-order valence-corrected chi connectivity index (χ4v) is 4.26. The van der Waals surface area contributed by atoms with Crippen molar-refractivity contribution in [2.75, 3.05) is 26.4 Å². The van der Waals surface area contributed by atoms with Gasteiger partial charge in [0, 0.05) is 0 Å². The third kappa shape index (κ3) is 6.41.